The molecule has 4 rings (SSSR count). The zero-order valence-corrected chi connectivity index (χ0v) is 21.7. The minimum atomic E-state index is -0.626. The van der Waals surface area contributed by atoms with Crippen LogP contribution in [0.1, 0.15) is 32.8 Å². The van der Waals surface area contributed by atoms with Crippen LogP contribution in [-0.4, -0.2) is 11.9 Å². The van der Waals surface area contributed by atoms with Gasteiger partial charge >= 0.3 is 11.9 Å². The van der Waals surface area contributed by atoms with Gasteiger partial charge in [-0.05, 0) is 46.5 Å². The fourth-order valence-corrected chi connectivity index (χ4v) is 3.95. The minimum Gasteiger partial charge on any atom is -0.460 e. The molecule has 2 atom stereocenters. The first-order valence-electron chi connectivity index (χ1n) is 11.6. The zero-order chi connectivity index (χ0) is 26.0. The Morgan fingerprint density at radius 1 is 0.541 bits per heavy atom. The Balaban J connectivity index is 1.23. The van der Waals surface area contributed by atoms with Crippen LogP contribution in [0.4, 0.5) is 0 Å². The predicted molar refractivity (Wildman–Crippen MR) is 149 cm³/mol. The van der Waals surface area contributed by atoms with E-state index in [2.05, 4.69) is 25.3 Å². The first kappa shape index (κ1) is 26.4. The standard InChI is InChI=1S/C30H26O5S2/c31-29(27(36)23-7-3-1-4-8-23)33-19-21-11-15-25(16-12-21)35-26-17-13-22(14-18-26)20-34-30(32)28(37)24-9-5-2-6-10-24/h1-18,27-28,36-37H,19-20H2. The molecule has 0 aliphatic carbocycles. The molecule has 0 heterocycles. The highest BCUT2D eigenvalue weighted by Crippen LogP contribution is 2.25. The topological polar surface area (TPSA) is 61.8 Å². The number of rotatable bonds is 10. The van der Waals surface area contributed by atoms with Gasteiger partial charge in [-0.3, -0.25) is 9.59 Å². The van der Waals surface area contributed by atoms with Gasteiger partial charge < -0.3 is 14.2 Å². The van der Waals surface area contributed by atoms with E-state index in [1.165, 1.54) is 0 Å². The lowest BCUT2D eigenvalue weighted by Gasteiger charge is -2.12. The van der Waals surface area contributed by atoms with Crippen molar-refractivity contribution < 1.29 is 23.8 Å². The Hall–Kier alpha value is -3.68. The molecule has 5 nitrogen and oxygen atoms in total. The average molecular weight is 531 g/mol. The molecule has 4 aromatic rings. The fraction of sp³-hybridized carbons (Fsp3) is 0.133. The van der Waals surface area contributed by atoms with Crippen molar-refractivity contribution in [2.24, 2.45) is 0 Å². The summed E-state index contributed by atoms with van der Waals surface area (Å²) >= 11 is 8.73. The number of ether oxygens (including phenoxy) is 3. The van der Waals surface area contributed by atoms with Gasteiger partial charge in [0.2, 0.25) is 0 Å². The maximum Gasteiger partial charge on any atom is 0.323 e. The van der Waals surface area contributed by atoms with E-state index in [1.54, 1.807) is 0 Å². The van der Waals surface area contributed by atoms with Crippen molar-refractivity contribution in [2.75, 3.05) is 0 Å². The molecule has 0 saturated heterocycles. The predicted octanol–water partition coefficient (Wildman–Crippen LogP) is 6.91. The van der Waals surface area contributed by atoms with Gasteiger partial charge in [-0.25, -0.2) is 0 Å². The highest BCUT2D eigenvalue weighted by Gasteiger charge is 2.18. The molecule has 0 bridgehead atoms. The van der Waals surface area contributed by atoms with E-state index in [4.69, 9.17) is 14.2 Å². The molecule has 4 aromatic carbocycles. The third-order valence-electron chi connectivity index (χ3n) is 5.52. The van der Waals surface area contributed by atoms with Crippen LogP contribution in [0.3, 0.4) is 0 Å². The minimum absolute atomic E-state index is 0.147. The number of hydrogen-bond acceptors (Lipinski definition) is 7. The van der Waals surface area contributed by atoms with Crippen molar-refractivity contribution in [3.63, 3.8) is 0 Å². The van der Waals surface area contributed by atoms with Gasteiger partial charge in [0, 0.05) is 0 Å². The normalized spacial score (nSPS) is 12.3. The highest BCUT2D eigenvalue weighted by atomic mass is 32.1. The van der Waals surface area contributed by atoms with Crippen LogP contribution in [0, 0.1) is 0 Å². The van der Waals surface area contributed by atoms with Gasteiger partial charge in [-0.15, -0.1) is 0 Å². The number of benzene rings is 4. The Morgan fingerprint density at radius 2 is 0.892 bits per heavy atom. The van der Waals surface area contributed by atoms with Crippen molar-refractivity contribution in [2.45, 2.75) is 23.7 Å². The smallest absolute Gasteiger partial charge is 0.323 e. The molecular formula is C30H26O5S2. The van der Waals surface area contributed by atoms with Crippen LogP contribution in [-0.2, 0) is 32.3 Å². The van der Waals surface area contributed by atoms with Crippen molar-refractivity contribution in [1.29, 1.82) is 0 Å². The summed E-state index contributed by atoms with van der Waals surface area (Å²) in [7, 11) is 0. The van der Waals surface area contributed by atoms with E-state index < -0.39 is 22.4 Å². The largest absolute Gasteiger partial charge is 0.460 e. The van der Waals surface area contributed by atoms with Crippen LogP contribution in [0.15, 0.2) is 109 Å². The molecule has 37 heavy (non-hydrogen) atoms. The summed E-state index contributed by atoms with van der Waals surface area (Å²) in [6.07, 6.45) is 0. The monoisotopic (exact) mass is 530 g/mol. The van der Waals surface area contributed by atoms with Crippen LogP contribution < -0.4 is 4.74 Å². The quantitative estimate of drug-likeness (QED) is 0.172. The Bertz CT molecular complexity index is 1190. The Kier molecular flexibility index (Phi) is 9.29. The van der Waals surface area contributed by atoms with Crippen LogP contribution in [0.25, 0.3) is 0 Å². The zero-order valence-electron chi connectivity index (χ0n) is 19.9. The molecule has 0 spiro atoms. The summed E-state index contributed by atoms with van der Waals surface area (Å²) in [6.45, 7) is 0.293. The van der Waals surface area contributed by atoms with E-state index in [0.717, 1.165) is 22.3 Å². The van der Waals surface area contributed by atoms with Gasteiger partial charge in [0.25, 0.3) is 0 Å². The van der Waals surface area contributed by atoms with E-state index in [-0.39, 0.29) is 13.2 Å². The number of hydrogen-bond donors (Lipinski definition) is 2. The first-order valence-corrected chi connectivity index (χ1v) is 12.7. The molecule has 0 radical (unpaired) electrons. The molecule has 0 fully saturated rings. The molecular weight excluding hydrogens is 504 g/mol. The van der Waals surface area contributed by atoms with E-state index in [0.29, 0.717) is 11.5 Å². The molecule has 0 aromatic heterocycles. The summed E-state index contributed by atoms with van der Waals surface area (Å²) in [5.41, 5.74) is 3.26. The van der Waals surface area contributed by atoms with Gasteiger partial charge in [0.1, 0.15) is 35.2 Å². The molecule has 0 aliphatic heterocycles. The summed E-state index contributed by atoms with van der Waals surface area (Å²) in [5, 5.41) is -1.25. The summed E-state index contributed by atoms with van der Waals surface area (Å²) in [4.78, 5) is 24.6. The Morgan fingerprint density at radius 3 is 1.24 bits per heavy atom. The highest BCUT2D eigenvalue weighted by molar-refractivity contribution is 7.81. The maximum absolute atomic E-state index is 12.3. The molecule has 0 amide bonds. The van der Waals surface area contributed by atoms with Crippen molar-refractivity contribution >= 4 is 37.2 Å². The van der Waals surface area contributed by atoms with Crippen molar-refractivity contribution in [1.82, 2.24) is 0 Å². The number of carbonyl (C=O) groups excluding carboxylic acids is 2. The summed E-state index contributed by atoms with van der Waals surface area (Å²) in [5.74, 6) is 0.494. The second kappa shape index (κ2) is 13.0. The van der Waals surface area contributed by atoms with Crippen LogP contribution >= 0.6 is 25.3 Å². The van der Waals surface area contributed by atoms with Gasteiger partial charge in [0.05, 0.1) is 0 Å². The third kappa shape index (κ3) is 7.65. The van der Waals surface area contributed by atoms with E-state index in [9.17, 15) is 9.59 Å². The average Bonchev–Trinajstić information content (AvgIpc) is 2.96. The van der Waals surface area contributed by atoms with Gasteiger partial charge in [-0.1, -0.05) is 84.9 Å². The van der Waals surface area contributed by atoms with Gasteiger partial charge in [-0.2, -0.15) is 25.3 Å². The lowest BCUT2D eigenvalue weighted by Crippen LogP contribution is -2.11. The molecule has 7 heteroatoms. The van der Waals surface area contributed by atoms with Gasteiger partial charge in [0.15, 0.2) is 0 Å². The third-order valence-corrected chi connectivity index (χ3v) is 6.54. The lowest BCUT2D eigenvalue weighted by molar-refractivity contribution is -0.145. The molecule has 0 saturated carbocycles. The van der Waals surface area contributed by atoms with Crippen LogP contribution in [0.2, 0.25) is 0 Å². The first-order chi connectivity index (χ1) is 18.0. The summed E-state index contributed by atoms with van der Waals surface area (Å²) in [6, 6.07) is 33.2. The molecule has 0 aliphatic rings. The van der Waals surface area contributed by atoms with E-state index in [1.807, 2.05) is 109 Å². The molecule has 0 N–H and O–H groups in total. The van der Waals surface area contributed by atoms with Crippen LogP contribution in [0.5, 0.6) is 11.5 Å². The number of carbonyl (C=O) groups is 2. The van der Waals surface area contributed by atoms with Crippen molar-refractivity contribution in [3.8, 4) is 11.5 Å². The fourth-order valence-electron chi connectivity index (χ4n) is 3.45. The molecule has 188 valence electrons. The Labute approximate surface area is 227 Å². The molecule has 2 unspecified atom stereocenters. The van der Waals surface area contributed by atoms with E-state index >= 15 is 0 Å². The maximum atomic E-state index is 12.3. The second-order valence-corrected chi connectivity index (χ2v) is 9.26. The SMILES string of the molecule is O=C(OCc1ccc(Oc2ccc(COC(=O)C(S)c3ccccc3)cc2)cc1)C(S)c1ccccc1. The van der Waals surface area contributed by atoms with Crippen molar-refractivity contribution in [3.05, 3.63) is 131 Å². The lowest BCUT2D eigenvalue weighted by atomic mass is 10.1. The summed E-state index contributed by atoms with van der Waals surface area (Å²) < 4.78 is 16.7. The number of esters is 2. The number of thiol groups is 2. The second-order valence-electron chi connectivity index (χ2n) is 8.23.